The Morgan fingerprint density at radius 1 is 1.07 bits per heavy atom. The van der Waals surface area contributed by atoms with Crippen LogP contribution in [0.1, 0.15) is 12.0 Å². The van der Waals surface area contributed by atoms with Crippen LogP contribution in [0.5, 0.6) is 11.5 Å². The van der Waals surface area contributed by atoms with E-state index in [1.165, 1.54) is 6.33 Å². The molecule has 5 aromatic rings. The Balaban J connectivity index is 1.07. The first kappa shape index (κ1) is 26.7. The van der Waals surface area contributed by atoms with E-state index >= 15 is 0 Å². The van der Waals surface area contributed by atoms with Gasteiger partial charge < -0.3 is 19.9 Å². The number of amides is 1. The number of rotatable bonds is 7. The third-order valence-electron chi connectivity index (χ3n) is 7.87. The summed E-state index contributed by atoms with van der Waals surface area (Å²) >= 11 is 0. The summed E-state index contributed by atoms with van der Waals surface area (Å²) in [4.78, 5) is 29.9. The number of pyridine rings is 1. The van der Waals surface area contributed by atoms with Crippen molar-refractivity contribution in [1.82, 2.24) is 34.8 Å². The van der Waals surface area contributed by atoms with Gasteiger partial charge in [0.15, 0.2) is 5.82 Å². The molecule has 0 aliphatic carbocycles. The lowest BCUT2D eigenvalue weighted by Gasteiger charge is -2.56. The van der Waals surface area contributed by atoms with Gasteiger partial charge in [0, 0.05) is 38.0 Å². The summed E-state index contributed by atoms with van der Waals surface area (Å²) in [5.41, 5.74) is 4.72. The highest BCUT2D eigenvalue weighted by Gasteiger charge is 2.46. The van der Waals surface area contributed by atoms with Crippen molar-refractivity contribution < 1.29 is 18.3 Å². The fraction of sp³-hybridized carbons (Fsp3) is 0.267. The van der Waals surface area contributed by atoms with Gasteiger partial charge in [-0.3, -0.25) is 4.79 Å². The molecule has 3 aliphatic rings. The number of nitrogens with one attached hydrogen (secondary N) is 1. The van der Waals surface area contributed by atoms with Gasteiger partial charge in [0.05, 0.1) is 23.1 Å². The number of aromatic nitrogens is 6. The lowest BCUT2D eigenvalue weighted by molar-refractivity contribution is -0.140. The van der Waals surface area contributed by atoms with E-state index in [-0.39, 0.29) is 18.0 Å². The van der Waals surface area contributed by atoms with Gasteiger partial charge in [0.25, 0.3) is 6.43 Å². The van der Waals surface area contributed by atoms with Gasteiger partial charge in [-0.1, -0.05) is 5.21 Å². The Morgan fingerprint density at radius 2 is 1.91 bits per heavy atom. The van der Waals surface area contributed by atoms with Crippen LogP contribution in [0.3, 0.4) is 0 Å². The molecule has 218 valence electrons. The minimum absolute atomic E-state index is 0.0399. The Bertz CT molecular complexity index is 1880. The van der Waals surface area contributed by atoms with E-state index in [0.717, 1.165) is 40.6 Å². The third kappa shape index (κ3) is 5.07. The van der Waals surface area contributed by atoms with Crippen LogP contribution in [-0.4, -0.2) is 72.4 Å². The number of carbonyl (C=O) groups excluding carboxylic acids is 1. The van der Waals surface area contributed by atoms with Crippen molar-refractivity contribution in [3.05, 3.63) is 72.6 Å². The number of nitrogens with zero attached hydrogens (tertiary/aromatic N) is 8. The highest BCUT2D eigenvalue weighted by Crippen LogP contribution is 2.36. The van der Waals surface area contributed by atoms with Crippen LogP contribution >= 0.6 is 0 Å². The van der Waals surface area contributed by atoms with E-state index in [4.69, 9.17) is 9.72 Å². The Kier molecular flexibility index (Phi) is 6.56. The number of halogens is 2. The number of aryl methyl sites for hydroxylation is 2. The van der Waals surface area contributed by atoms with Crippen molar-refractivity contribution in [2.45, 2.75) is 31.9 Å². The van der Waals surface area contributed by atoms with Gasteiger partial charge in [-0.05, 0) is 67.4 Å². The molecule has 3 aliphatic heterocycles. The summed E-state index contributed by atoms with van der Waals surface area (Å²) in [5, 5.41) is 11.6. The summed E-state index contributed by atoms with van der Waals surface area (Å²) in [6.07, 6.45) is 1.31. The predicted molar refractivity (Wildman–Crippen MR) is 157 cm³/mol. The molecule has 43 heavy (non-hydrogen) atoms. The number of piperazine rings is 1. The first-order chi connectivity index (χ1) is 20.8. The first-order valence-corrected chi connectivity index (χ1v) is 13.8. The van der Waals surface area contributed by atoms with Gasteiger partial charge in [0.1, 0.15) is 34.7 Å². The molecule has 2 aromatic carbocycles. The number of ether oxygens (including phenoxy) is 1. The van der Waals surface area contributed by atoms with Crippen LogP contribution < -0.4 is 15.0 Å². The molecule has 0 saturated carbocycles. The number of fused-ring (bicyclic) bond motifs is 4. The van der Waals surface area contributed by atoms with E-state index in [9.17, 15) is 13.6 Å². The minimum atomic E-state index is -2.64. The molecule has 0 spiro atoms. The topological polar surface area (TPSA) is 114 Å². The third-order valence-corrected chi connectivity index (χ3v) is 7.87. The van der Waals surface area contributed by atoms with Gasteiger partial charge in [-0.2, -0.15) is 0 Å². The highest BCUT2D eigenvalue weighted by molar-refractivity contribution is 5.90. The molecule has 6 heterocycles. The average molecular weight is 584 g/mol. The largest absolute Gasteiger partial charge is 0.457 e. The zero-order chi connectivity index (χ0) is 29.7. The van der Waals surface area contributed by atoms with Crippen molar-refractivity contribution in [1.29, 1.82) is 0 Å². The molecule has 3 aromatic heterocycles. The van der Waals surface area contributed by atoms with Gasteiger partial charge in [-0.25, -0.2) is 28.4 Å². The summed E-state index contributed by atoms with van der Waals surface area (Å²) in [7, 11) is 1.84. The van der Waals surface area contributed by atoms with Crippen LogP contribution in [0.25, 0.3) is 22.1 Å². The smallest absolute Gasteiger partial charge is 0.257 e. The highest BCUT2D eigenvalue weighted by atomic mass is 19.3. The lowest BCUT2D eigenvalue weighted by atomic mass is 9.87. The zero-order valence-corrected chi connectivity index (χ0v) is 23.4. The number of hydrogen-bond donors (Lipinski definition) is 1. The second kappa shape index (κ2) is 10.6. The molecular weight excluding hydrogens is 556 g/mol. The van der Waals surface area contributed by atoms with E-state index in [0.29, 0.717) is 47.5 Å². The van der Waals surface area contributed by atoms with E-state index in [1.54, 1.807) is 9.58 Å². The fourth-order valence-electron chi connectivity index (χ4n) is 5.78. The molecule has 1 N–H and O–H groups in total. The standard InChI is InChI=1S/C30H27F2N9O2/c1-17-11-18(3-7-25(17)43-21-4-6-24-23(13-21)37-38-39(24)2)35-30-29-22(33-16-34-30)5-9-27(36-29)40-14-19-12-20(15-40)41(19)28(42)10-8-26(31)32/h3-11,13,16,19-20,26H,12,14-15H2,1-2H3,(H,33,34,35)/b10-8+. The zero-order valence-electron chi connectivity index (χ0n) is 23.4. The number of alkyl halides is 2. The molecule has 2 bridgehead atoms. The van der Waals surface area contributed by atoms with Crippen LogP contribution in [0.2, 0.25) is 0 Å². The van der Waals surface area contributed by atoms with Crippen molar-refractivity contribution in [2.75, 3.05) is 23.3 Å². The molecule has 3 saturated heterocycles. The van der Waals surface area contributed by atoms with Crippen molar-refractivity contribution in [2.24, 2.45) is 7.05 Å². The Morgan fingerprint density at radius 3 is 2.70 bits per heavy atom. The monoisotopic (exact) mass is 583 g/mol. The van der Waals surface area contributed by atoms with Gasteiger partial charge in [0.2, 0.25) is 5.91 Å². The van der Waals surface area contributed by atoms with Crippen molar-refractivity contribution >= 4 is 45.3 Å². The predicted octanol–water partition coefficient (Wildman–Crippen LogP) is 4.76. The normalized spacial score (nSPS) is 18.1. The van der Waals surface area contributed by atoms with Gasteiger partial charge >= 0.3 is 0 Å². The number of benzene rings is 2. The van der Waals surface area contributed by atoms with Crippen LogP contribution in [0, 0.1) is 6.92 Å². The first-order valence-electron chi connectivity index (χ1n) is 13.8. The quantitative estimate of drug-likeness (QED) is 0.271. The molecule has 2 atom stereocenters. The lowest BCUT2D eigenvalue weighted by Crippen LogP contribution is -2.70. The number of anilines is 3. The van der Waals surface area contributed by atoms with Crippen LogP contribution in [0.15, 0.2) is 67.0 Å². The molecule has 13 heteroatoms. The van der Waals surface area contributed by atoms with Crippen molar-refractivity contribution in [3.63, 3.8) is 0 Å². The number of allylic oxidation sites excluding steroid dienone is 1. The van der Waals surface area contributed by atoms with E-state index in [2.05, 4.69) is 30.5 Å². The maximum absolute atomic E-state index is 12.5. The number of carbonyl (C=O) groups is 1. The summed E-state index contributed by atoms with van der Waals surface area (Å²) < 4.78 is 32.9. The minimum Gasteiger partial charge on any atom is -0.457 e. The summed E-state index contributed by atoms with van der Waals surface area (Å²) in [6, 6.07) is 15.2. The van der Waals surface area contributed by atoms with E-state index < -0.39 is 6.43 Å². The molecule has 8 rings (SSSR count). The number of hydrogen-bond acceptors (Lipinski definition) is 9. The summed E-state index contributed by atoms with van der Waals surface area (Å²) in [6.45, 7) is 3.11. The fourth-order valence-corrected chi connectivity index (χ4v) is 5.78. The van der Waals surface area contributed by atoms with Crippen LogP contribution in [0.4, 0.5) is 26.1 Å². The maximum atomic E-state index is 12.5. The molecule has 1 amide bonds. The Labute approximate surface area is 244 Å². The SMILES string of the molecule is Cc1cc(Nc2ncnc3ccc(N4CC5CC(C4)N5C(=O)/C=C/C(F)F)nc23)ccc1Oc1ccc2c(c1)nnn2C. The van der Waals surface area contributed by atoms with E-state index in [1.807, 2.05) is 62.5 Å². The maximum Gasteiger partial charge on any atom is 0.257 e. The Hall–Kier alpha value is -5.20. The molecular formula is C30H27F2N9O2. The molecule has 3 fully saturated rings. The van der Waals surface area contributed by atoms with Crippen LogP contribution in [-0.2, 0) is 11.8 Å². The molecule has 2 unspecified atom stereocenters. The van der Waals surface area contributed by atoms with Crippen molar-refractivity contribution in [3.8, 4) is 11.5 Å². The summed E-state index contributed by atoms with van der Waals surface area (Å²) in [5.74, 6) is 2.32. The van der Waals surface area contributed by atoms with Gasteiger partial charge in [-0.15, -0.1) is 5.10 Å². The second-order valence-corrected chi connectivity index (χ2v) is 10.7. The molecule has 0 radical (unpaired) electrons. The number of piperidine rings is 1. The average Bonchev–Trinajstić information content (AvgIpc) is 3.37. The molecule has 11 nitrogen and oxygen atoms in total. The second-order valence-electron chi connectivity index (χ2n) is 10.7.